The topological polar surface area (TPSA) is 71.1 Å². The molecule has 2 rings (SSSR count). The summed E-state index contributed by atoms with van der Waals surface area (Å²) in [6.07, 6.45) is 9.51. The summed E-state index contributed by atoms with van der Waals surface area (Å²) in [5.41, 5.74) is 0. The summed E-state index contributed by atoms with van der Waals surface area (Å²) in [6.45, 7) is 5.81. The second-order valence-corrected chi connectivity index (χ2v) is 8.46. The first-order valence-corrected chi connectivity index (χ1v) is 11.0. The molecular weight excluding hydrogens is 360 g/mol. The van der Waals surface area contributed by atoms with Gasteiger partial charge in [0.05, 0.1) is 25.7 Å². The number of methoxy groups -OCH3 is 1. The van der Waals surface area contributed by atoms with Gasteiger partial charge in [0.1, 0.15) is 6.10 Å². The Kier molecular flexibility index (Phi) is 9.22. The minimum atomic E-state index is -0.549. The fraction of sp³-hybridized carbons (Fsp3) is 0.909. The van der Waals surface area contributed by atoms with E-state index in [-0.39, 0.29) is 36.7 Å². The molecule has 1 unspecified atom stereocenters. The van der Waals surface area contributed by atoms with Crippen molar-refractivity contribution in [1.29, 1.82) is 0 Å². The van der Waals surface area contributed by atoms with Gasteiger partial charge in [0.25, 0.3) is 0 Å². The Hall–Kier alpha value is -1.14. The third-order valence-corrected chi connectivity index (χ3v) is 6.01. The Bertz CT molecular complexity index is 499. The number of rotatable bonds is 10. The van der Waals surface area contributed by atoms with Crippen LogP contribution in [0.2, 0.25) is 0 Å². The van der Waals surface area contributed by atoms with E-state index in [0.29, 0.717) is 12.3 Å². The molecule has 0 aromatic rings. The lowest BCUT2D eigenvalue weighted by Gasteiger charge is -2.43. The van der Waals surface area contributed by atoms with Crippen LogP contribution in [0.4, 0.5) is 0 Å². The van der Waals surface area contributed by atoms with Gasteiger partial charge in [-0.25, -0.2) is 0 Å². The van der Waals surface area contributed by atoms with Crippen LogP contribution in [-0.4, -0.2) is 43.1 Å². The lowest BCUT2D eigenvalue weighted by molar-refractivity contribution is -0.315. The first-order valence-electron chi connectivity index (χ1n) is 11.0. The van der Waals surface area contributed by atoms with Crippen LogP contribution in [0.5, 0.6) is 0 Å². The highest BCUT2D eigenvalue weighted by atomic mass is 16.7. The van der Waals surface area contributed by atoms with Crippen LogP contribution in [0, 0.1) is 5.92 Å². The van der Waals surface area contributed by atoms with Crippen molar-refractivity contribution in [2.24, 2.45) is 5.92 Å². The average molecular weight is 399 g/mol. The highest BCUT2D eigenvalue weighted by Crippen LogP contribution is 2.42. The summed E-state index contributed by atoms with van der Waals surface area (Å²) in [4.78, 5) is 23.3. The molecule has 1 saturated carbocycles. The zero-order valence-electron chi connectivity index (χ0n) is 18.0. The van der Waals surface area contributed by atoms with E-state index in [1.165, 1.54) is 14.0 Å². The van der Waals surface area contributed by atoms with Crippen molar-refractivity contribution < 1.29 is 28.5 Å². The van der Waals surface area contributed by atoms with Crippen LogP contribution < -0.4 is 0 Å². The van der Waals surface area contributed by atoms with E-state index in [1.807, 2.05) is 0 Å². The standard InChI is InChI=1S/C22H38O6/c1-5-6-9-16(2)20(26-17(3)23)11-10-18-14-19(15-21(24)25-4)28-22(27-18)12-7-8-13-22/h16,18-20H,5-15H2,1-4H3/t16-,18?,19-,20-/m1/s1. The molecule has 162 valence electrons. The van der Waals surface area contributed by atoms with Crippen molar-refractivity contribution in [3.8, 4) is 0 Å². The Labute approximate surface area is 169 Å². The highest BCUT2D eigenvalue weighted by molar-refractivity contribution is 5.69. The highest BCUT2D eigenvalue weighted by Gasteiger charge is 2.45. The molecule has 0 N–H and O–H groups in total. The quantitative estimate of drug-likeness (QED) is 0.504. The van der Waals surface area contributed by atoms with E-state index in [4.69, 9.17) is 18.9 Å². The third kappa shape index (κ3) is 7.03. The van der Waals surface area contributed by atoms with Gasteiger partial charge in [-0.2, -0.15) is 0 Å². The van der Waals surface area contributed by atoms with E-state index in [9.17, 15) is 9.59 Å². The SMILES string of the molecule is CCCC[C@@H](C)[C@@H](CCC1C[C@H](CC(=O)OC)OC2(CCCC2)O1)OC(C)=O. The van der Waals surface area contributed by atoms with Crippen LogP contribution >= 0.6 is 0 Å². The van der Waals surface area contributed by atoms with Crippen molar-refractivity contribution >= 4 is 11.9 Å². The van der Waals surface area contributed by atoms with Crippen LogP contribution in [0.1, 0.15) is 91.4 Å². The number of ether oxygens (including phenoxy) is 4. The van der Waals surface area contributed by atoms with Crippen LogP contribution in [-0.2, 0) is 28.5 Å². The van der Waals surface area contributed by atoms with Gasteiger partial charge in [0.15, 0.2) is 5.79 Å². The summed E-state index contributed by atoms with van der Waals surface area (Å²) in [6, 6.07) is 0. The van der Waals surface area contributed by atoms with Gasteiger partial charge in [-0.05, 0) is 38.0 Å². The molecule has 0 bridgehead atoms. The first-order chi connectivity index (χ1) is 13.4. The van der Waals surface area contributed by atoms with Crippen molar-refractivity contribution in [3.05, 3.63) is 0 Å². The third-order valence-electron chi connectivity index (χ3n) is 6.01. The summed E-state index contributed by atoms with van der Waals surface area (Å²) in [7, 11) is 1.41. The van der Waals surface area contributed by atoms with Gasteiger partial charge < -0.3 is 18.9 Å². The predicted molar refractivity (Wildman–Crippen MR) is 106 cm³/mol. The smallest absolute Gasteiger partial charge is 0.308 e. The van der Waals surface area contributed by atoms with Crippen molar-refractivity contribution in [3.63, 3.8) is 0 Å². The molecule has 0 aromatic heterocycles. The molecule has 2 fully saturated rings. The number of hydrogen-bond donors (Lipinski definition) is 0. The number of hydrogen-bond acceptors (Lipinski definition) is 6. The molecule has 1 spiro atoms. The van der Waals surface area contributed by atoms with Gasteiger partial charge in [-0.15, -0.1) is 0 Å². The minimum absolute atomic E-state index is 0.0120. The van der Waals surface area contributed by atoms with E-state index < -0.39 is 5.79 Å². The van der Waals surface area contributed by atoms with Gasteiger partial charge in [-0.3, -0.25) is 9.59 Å². The molecule has 28 heavy (non-hydrogen) atoms. The fourth-order valence-corrected chi connectivity index (χ4v) is 4.48. The molecule has 0 radical (unpaired) electrons. The van der Waals surface area contributed by atoms with Gasteiger partial charge in [-0.1, -0.05) is 26.7 Å². The lowest BCUT2D eigenvalue weighted by Crippen LogP contribution is -2.47. The minimum Gasteiger partial charge on any atom is -0.469 e. The Morgan fingerprint density at radius 1 is 1.14 bits per heavy atom. The predicted octanol–water partition coefficient (Wildman–Crippen LogP) is 4.53. The second kappa shape index (κ2) is 11.1. The Morgan fingerprint density at radius 3 is 2.43 bits per heavy atom. The maximum Gasteiger partial charge on any atom is 0.308 e. The Balaban J connectivity index is 1.97. The molecule has 1 aliphatic carbocycles. The molecule has 1 heterocycles. The Morgan fingerprint density at radius 2 is 1.82 bits per heavy atom. The molecule has 1 aliphatic heterocycles. The molecule has 6 nitrogen and oxygen atoms in total. The van der Waals surface area contributed by atoms with E-state index in [2.05, 4.69) is 13.8 Å². The first kappa shape index (κ1) is 23.1. The summed E-state index contributed by atoms with van der Waals surface area (Å²) < 4.78 is 23.0. The van der Waals surface area contributed by atoms with Crippen molar-refractivity contribution in [2.45, 2.75) is 115 Å². The number of unbranched alkanes of at least 4 members (excludes halogenated alkanes) is 1. The second-order valence-electron chi connectivity index (χ2n) is 8.46. The molecule has 4 atom stereocenters. The molecule has 0 amide bonds. The average Bonchev–Trinajstić information content (AvgIpc) is 3.09. The van der Waals surface area contributed by atoms with Crippen molar-refractivity contribution in [1.82, 2.24) is 0 Å². The van der Waals surface area contributed by atoms with Crippen molar-refractivity contribution in [2.75, 3.05) is 7.11 Å². The van der Waals surface area contributed by atoms with Gasteiger partial charge in [0.2, 0.25) is 0 Å². The van der Waals surface area contributed by atoms with Gasteiger partial charge >= 0.3 is 11.9 Å². The van der Waals surface area contributed by atoms with Crippen LogP contribution in [0.15, 0.2) is 0 Å². The number of esters is 2. The fourth-order valence-electron chi connectivity index (χ4n) is 4.48. The number of carbonyl (C=O) groups excluding carboxylic acids is 2. The zero-order valence-corrected chi connectivity index (χ0v) is 18.0. The molecule has 0 aromatic carbocycles. The lowest BCUT2D eigenvalue weighted by atomic mass is 9.92. The van der Waals surface area contributed by atoms with E-state index >= 15 is 0 Å². The molecule has 6 heteroatoms. The van der Waals surface area contributed by atoms with Crippen LogP contribution in [0.3, 0.4) is 0 Å². The van der Waals surface area contributed by atoms with E-state index in [0.717, 1.165) is 57.8 Å². The van der Waals surface area contributed by atoms with E-state index in [1.54, 1.807) is 0 Å². The number of carbonyl (C=O) groups is 2. The van der Waals surface area contributed by atoms with Crippen LogP contribution in [0.25, 0.3) is 0 Å². The zero-order chi connectivity index (χ0) is 20.6. The summed E-state index contributed by atoms with van der Waals surface area (Å²) in [5, 5.41) is 0. The maximum atomic E-state index is 11.8. The maximum absolute atomic E-state index is 11.8. The summed E-state index contributed by atoms with van der Waals surface area (Å²) >= 11 is 0. The largest absolute Gasteiger partial charge is 0.469 e. The molecule has 1 saturated heterocycles. The summed E-state index contributed by atoms with van der Waals surface area (Å²) in [5.74, 6) is -0.691. The molecule has 2 aliphatic rings. The van der Waals surface area contributed by atoms with Gasteiger partial charge in [0, 0.05) is 26.2 Å². The molecular formula is C22H38O6. The monoisotopic (exact) mass is 398 g/mol. The normalized spacial score (nSPS) is 26.0.